The smallest absolute Gasteiger partial charge is 0.308 e. The van der Waals surface area contributed by atoms with Crippen molar-refractivity contribution in [1.29, 1.82) is 0 Å². The molecular weight excluding hydrogens is 486 g/mol. The number of carbonyl (C=O) groups is 2. The summed E-state index contributed by atoms with van der Waals surface area (Å²) in [7, 11) is 1.85. The van der Waals surface area contributed by atoms with E-state index in [1.165, 1.54) is 0 Å². The second-order valence-electron chi connectivity index (χ2n) is 8.21. The van der Waals surface area contributed by atoms with Crippen molar-refractivity contribution in [2.24, 2.45) is 20.5 Å². The molecule has 0 heterocycles. The van der Waals surface area contributed by atoms with E-state index in [2.05, 4.69) is 20.5 Å². The van der Waals surface area contributed by atoms with Crippen LogP contribution in [0.2, 0.25) is 0 Å². The monoisotopic (exact) mass is 517 g/mol. The molecule has 0 atom stereocenters. The van der Waals surface area contributed by atoms with Crippen LogP contribution < -0.4 is 9.64 Å². The van der Waals surface area contributed by atoms with Crippen molar-refractivity contribution in [3.8, 4) is 5.75 Å². The summed E-state index contributed by atoms with van der Waals surface area (Å²) in [5.74, 6) is 0.0152. The SMILES string of the molecule is CCC(=O)OCOc1ccc(N=Nc2ccc(N=Nc3ccc(N(C)COC(=O)CC)cc3)cc2C)cc1. The molecule has 10 heteroatoms. The molecule has 0 amide bonds. The molecule has 0 N–H and O–H groups in total. The number of carbonyl (C=O) groups excluding carboxylic acids is 2. The van der Waals surface area contributed by atoms with Gasteiger partial charge in [-0.1, -0.05) is 13.8 Å². The zero-order valence-electron chi connectivity index (χ0n) is 22.0. The summed E-state index contributed by atoms with van der Waals surface area (Å²) in [6, 6.07) is 20.0. The van der Waals surface area contributed by atoms with Gasteiger partial charge in [0.15, 0.2) is 6.73 Å². The van der Waals surface area contributed by atoms with Crippen molar-refractivity contribution < 1.29 is 23.8 Å². The van der Waals surface area contributed by atoms with Gasteiger partial charge >= 0.3 is 11.9 Å². The molecule has 0 aliphatic carbocycles. The maximum Gasteiger partial charge on any atom is 0.308 e. The van der Waals surface area contributed by atoms with Gasteiger partial charge in [0, 0.05) is 25.6 Å². The fourth-order valence-corrected chi connectivity index (χ4v) is 3.03. The predicted molar refractivity (Wildman–Crippen MR) is 144 cm³/mol. The van der Waals surface area contributed by atoms with Crippen molar-refractivity contribution in [2.45, 2.75) is 33.6 Å². The van der Waals surface area contributed by atoms with Gasteiger partial charge in [0.05, 0.1) is 22.7 Å². The van der Waals surface area contributed by atoms with Gasteiger partial charge in [-0.25, -0.2) is 0 Å². The third-order valence-corrected chi connectivity index (χ3v) is 5.30. The van der Waals surface area contributed by atoms with E-state index >= 15 is 0 Å². The third-order valence-electron chi connectivity index (χ3n) is 5.30. The molecule has 0 aromatic heterocycles. The highest BCUT2D eigenvalue weighted by atomic mass is 16.7. The standard InChI is InChI=1S/C28H31N5O5/c1-5-27(34)36-18-33(4)24-12-7-21(8-13-24)29-31-23-11-16-26(20(3)17-23)32-30-22-9-14-25(15-10-22)37-19-38-28(35)6-2/h7-17H,5-6,18-19H2,1-4H3. The quantitative estimate of drug-likeness (QED) is 0.140. The molecule has 0 radical (unpaired) electrons. The molecule has 38 heavy (non-hydrogen) atoms. The minimum Gasteiger partial charge on any atom is -0.457 e. The van der Waals surface area contributed by atoms with E-state index < -0.39 is 0 Å². The van der Waals surface area contributed by atoms with Crippen LogP contribution in [0.3, 0.4) is 0 Å². The Balaban J connectivity index is 1.55. The van der Waals surface area contributed by atoms with Crippen LogP contribution in [-0.4, -0.2) is 32.5 Å². The summed E-state index contributed by atoms with van der Waals surface area (Å²) >= 11 is 0. The first-order valence-corrected chi connectivity index (χ1v) is 12.2. The van der Waals surface area contributed by atoms with Crippen molar-refractivity contribution in [1.82, 2.24) is 0 Å². The zero-order valence-corrected chi connectivity index (χ0v) is 22.0. The molecule has 0 unspecified atom stereocenters. The minimum atomic E-state index is -0.315. The number of esters is 2. The van der Waals surface area contributed by atoms with Gasteiger partial charge in [-0.2, -0.15) is 20.5 Å². The van der Waals surface area contributed by atoms with Gasteiger partial charge in [-0.05, 0) is 79.2 Å². The molecule has 10 nitrogen and oxygen atoms in total. The van der Waals surface area contributed by atoms with Crippen molar-refractivity contribution in [3.05, 3.63) is 72.3 Å². The molecule has 0 aliphatic heterocycles. The summed E-state index contributed by atoms with van der Waals surface area (Å²) < 4.78 is 15.4. The Morgan fingerprint density at radius 3 is 1.92 bits per heavy atom. The van der Waals surface area contributed by atoms with E-state index in [0.717, 1.165) is 11.3 Å². The van der Waals surface area contributed by atoms with Gasteiger partial charge in [-0.3, -0.25) is 9.59 Å². The zero-order chi connectivity index (χ0) is 27.3. The molecule has 3 aromatic rings. The molecule has 198 valence electrons. The number of aryl methyl sites for hydroxylation is 1. The lowest BCUT2D eigenvalue weighted by molar-refractivity contribution is -0.149. The van der Waals surface area contributed by atoms with Crippen LogP contribution in [0.15, 0.2) is 87.2 Å². The van der Waals surface area contributed by atoms with Crippen LogP contribution in [0.5, 0.6) is 5.75 Å². The van der Waals surface area contributed by atoms with Crippen LogP contribution in [0.4, 0.5) is 28.4 Å². The second-order valence-corrected chi connectivity index (χ2v) is 8.21. The normalized spacial score (nSPS) is 11.1. The van der Waals surface area contributed by atoms with E-state index in [1.54, 1.807) is 38.1 Å². The number of rotatable bonds is 12. The molecule has 0 aliphatic rings. The molecule has 3 rings (SSSR count). The Morgan fingerprint density at radius 2 is 1.29 bits per heavy atom. The summed E-state index contributed by atoms with van der Waals surface area (Å²) in [5, 5.41) is 17.2. The van der Waals surface area contributed by atoms with Crippen molar-refractivity contribution >= 4 is 40.4 Å². The van der Waals surface area contributed by atoms with Gasteiger partial charge in [0.25, 0.3) is 0 Å². The van der Waals surface area contributed by atoms with Crippen molar-refractivity contribution in [3.63, 3.8) is 0 Å². The van der Waals surface area contributed by atoms with Gasteiger partial charge < -0.3 is 19.1 Å². The number of hydrogen-bond donors (Lipinski definition) is 0. The number of hydrogen-bond acceptors (Lipinski definition) is 10. The summed E-state index contributed by atoms with van der Waals surface area (Å²) in [4.78, 5) is 24.3. The number of azo groups is 2. The number of benzene rings is 3. The van der Waals surface area contributed by atoms with Crippen LogP contribution in [0, 0.1) is 6.92 Å². The van der Waals surface area contributed by atoms with Crippen molar-refractivity contribution in [2.75, 3.05) is 25.5 Å². The molecular formula is C28H31N5O5. The van der Waals surface area contributed by atoms with Gasteiger partial charge in [-0.15, -0.1) is 0 Å². The first kappa shape index (κ1) is 28.0. The first-order valence-electron chi connectivity index (χ1n) is 12.2. The minimum absolute atomic E-state index is 0.128. The van der Waals surface area contributed by atoms with E-state index in [4.69, 9.17) is 14.2 Å². The molecule has 0 bridgehead atoms. The number of ether oxygens (including phenoxy) is 3. The Bertz CT molecular complexity index is 1270. The molecule has 0 saturated heterocycles. The topological polar surface area (TPSA) is 115 Å². The largest absolute Gasteiger partial charge is 0.457 e. The maximum atomic E-state index is 11.3. The lowest BCUT2D eigenvalue weighted by Gasteiger charge is -2.18. The first-order chi connectivity index (χ1) is 18.4. The van der Waals surface area contributed by atoms with E-state index in [9.17, 15) is 9.59 Å². The molecule has 0 fully saturated rings. The Labute approximate surface area is 222 Å². The van der Waals surface area contributed by atoms with Crippen LogP contribution in [0.25, 0.3) is 0 Å². The molecule has 0 saturated carbocycles. The lowest BCUT2D eigenvalue weighted by Crippen LogP contribution is -2.22. The van der Waals surface area contributed by atoms with E-state index in [-0.39, 0.29) is 25.5 Å². The maximum absolute atomic E-state index is 11.3. The van der Waals surface area contributed by atoms with Crippen LogP contribution in [0.1, 0.15) is 32.3 Å². The van der Waals surface area contributed by atoms with Gasteiger partial charge in [0.2, 0.25) is 6.79 Å². The highest BCUT2D eigenvalue weighted by molar-refractivity contribution is 5.69. The average molecular weight is 518 g/mol. The Kier molecular flexibility index (Phi) is 10.5. The highest BCUT2D eigenvalue weighted by Gasteiger charge is 2.05. The summed E-state index contributed by atoms with van der Waals surface area (Å²) in [5.41, 5.74) is 4.57. The fraction of sp³-hybridized carbons (Fsp3) is 0.286. The predicted octanol–water partition coefficient (Wildman–Crippen LogP) is 7.46. The fourth-order valence-electron chi connectivity index (χ4n) is 3.03. The average Bonchev–Trinajstić information content (AvgIpc) is 2.94. The molecule has 3 aromatic carbocycles. The molecule has 0 spiro atoms. The summed E-state index contributed by atoms with van der Waals surface area (Å²) in [6.07, 6.45) is 0.653. The lowest BCUT2D eigenvalue weighted by atomic mass is 10.2. The number of anilines is 1. The van der Waals surface area contributed by atoms with Gasteiger partial charge in [0.1, 0.15) is 5.75 Å². The van der Waals surface area contributed by atoms with Crippen LogP contribution >= 0.6 is 0 Å². The number of nitrogens with zero attached hydrogens (tertiary/aromatic N) is 5. The van der Waals surface area contributed by atoms with E-state index in [0.29, 0.717) is 41.3 Å². The van der Waals surface area contributed by atoms with E-state index in [1.807, 2.05) is 61.3 Å². The van der Waals surface area contributed by atoms with Crippen LogP contribution in [-0.2, 0) is 19.1 Å². The summed E-state index contributed by atoms with van der Waals surface area (Å²) in [6.45, 7) is 5.47. The second kappa shape index (κ2) is 14.2. The third kappa shape index (κ3) is 8.81. The highest BCUT2D eigenvalue weighted by Crippen LogP contribution is 2.28. The Hall–Kier alpha value is -4.60. The Morgan fingerprint density at radius 1 is 0.737 bits per heavy atom.